The standard InChI is InChI=1S/C26H26Br2O4/c1-15(2)20-14-23(32-26-21(27)10-18(11-22(26)28)12-25(29)30)19(13-24(20)31-4)9-17-7-5-6-16(3)8-17/h5-8,10-11,13-15H,9,12H2,1-4H3,(H,29,30). The van der Waals surface area contributed by atoms with E-state index in [1.54, 1.807) is 19.2 Å². The Morgan fingerprint density at radius 3 is 2.25 bits per heavy atom. The fourth-order valence-electron chi connectivity index (χ4n) is 3.62. The minimum atomic E-state index is -0.880. The van der Waals surface area contributed by atoms with Crippen LogP contribution in [-0.4, -0.2) is 18.2 Å². The molecule has 168 valence electrons. The monoisotopic (exact) mass is 560 g/mol. The highest BCUT2D eigenvalue weighted by Gasteiger charge is 2.18. The first kappa shape index (κ1) is 24.3. The van der Waals surface area contributed by atoms with Gasteiger partial charge in [-0.3, -0.25) is 4.79 Å². The second kappa shape index (κ2) is 10.5. The molecule has 0 atom stereocenters. The zero-order valence-electron chi connectivity index (χ0n) is 18.5. The molecular weight excluding hydrogens is 536 g/mol. The summed E-state index contributed by atoms with van der Waals surface area (Å²) in [5.74, 6) is 1.55. The lowest BCUT2D eigenvalue weighted by atomic mass is 9.96. The van der Waals surface area contributed by atoms with Crippen LogP contribution in [-0.2, 0) is 17.6 Å². The number of carboxylic acid groups (broad SMARTS) is 1. The van der Waals surface area contributed by atoms with Crippen LogP contribution in [0.5, 0.6) is 17.2 Å². The number of hydrogen-bond acceptors (Lipinski definition) is 3. The molecule has 0 fully saturated rings. The quantitative estimate of drug-likeness (QED) is 0.306. The van der Waals surface area contributed by atoms with Crippen LogP contribution >= 0.6 is 31.9 Å². The van der Waals surface area contributed by atoms with E-state index in [0.29, 0.717) is 26.7 Å². The number of hydrogen-bond donors (Lipinski definition) is 1. The molecule has 6 heteroatoms. The average Bonchev–Trinajstić information content (AvgIpc) is 2.70. The lowest BCUT2D eigenvalue weighted by Crippen LogP contribution is -2.02. The van der Waals surface area contributed by atoms with Crippen molar-refractivity contribution in [3.63, 3.8) is 0 Å². The molecule has 0 aromatic heterocycles. The molecule has 0 saturated carbocycles. The molecule has 0 aliphatic carbocycles. The molecule has 0 bridgehead atoms. The molecule has 32 heavy (non-hydrogen) atoms. The summed E-state index contributed by atoms with van der Waals surface area (Å²) in [4.78, 5) is 11.1. The topological polar surface area (TPSA) is 55.8 Å². The molecule has 0 radical (unpaired) electrons. The van der Waals surface area contributed by atoms with Crippen molar-refractivity contribution < 1.29 is 19.4 Å². The van der Waals surface area contributed by atoms with E-state index in [2.05, 4.69) is 76.9 Å². The highest BCUT2D eigenvalue weighted by atomic mass is 79.9. The maximum Gasteiger partial charge on any atom is 0.307 e. The molecule has 0 aliphatic heterocycles. The van der Waals surface area contributed by atoms with E-state index in [9.17, 15) is 4.79 Å². The fourth-order valence-corrected chi connectivity index (χ4v) is 5.06. The van der Waals surface area contributed by atoms with E-state index >= 15 is 0 Å². The molecule has 3 rings (SSSR count). The van der Waals surface area contributed by atoms with Gasteiger partial charge in [0.1, 0.15) is 11.5 Å². The highest BCUT2D eigenvalue weighted by molar-refractivity contribution is 9.11. The van der Waals surface area contributed by atoms with E-state index in [4.69, 9.17) is 14.6 Å². The second-order valence-electron chi connectivity index (χ2n) is 8.08. The van der Waals surface area contributed by atoms with Crippen molar-refractivity contribution in [2.45, 2.75) is 39.5 Å². The van der Waals surface area contributed by atoms with Crippen molar-refractivity contribution in [2.24, 2.45) is 0 Å². The minimum absolute atomic E-state index is 0.0594. The van der Waals surface area contributed by atoms with Gasteiger partial charge in [-0.15, -0.1) is 0 Å². The number of methoxy groups -OCH3 is 1. The van der Waals surface area contributed by atoms with Crippen LogP contribution in [0.4, 0.5) is 0 Å². The number of aliphatic carboxylic acids is 1. The molecule has 0 saturated heterocycles. The van der Waals surface area contributed by atoms with Crippen molar-refractivity contribution in [3.05, 3.63) is 85.3 Å². The molecule has 0 heterocycles. The third-order valence-corrected chi connectivity index (χ3v) is 6.32. The van der Waals surface area contributed by atoms with Gasteiger partial charge < -0.3 is 14.6 Å². The fraction of sp³-hybridized carbons (Fsp3) is 0.269. The summed E-state index contributed by atoms with van der Waals surface area (Å²) < 4.78 is 13.5. The van der Waals surface area contributed by atoms with Gasteiger partial charge in [-0.05, 0) is 80.1 Å². The van der Waals surface area contributed by atoms with Gasteiger partial charge in [-0.1, -0.05) is 43.7 Å². The predicted molar refractivity (Wildman–Crippen MR) is 134 cm³/mol. The Balaban J connectivity index is 2.07. The lowest BCUT2D eigenvalue weighted by molar-refractivity contribution is -0.136. The van der Waals surface area contributed by atoms with Crippen LogP contribution in [0.1, 0.15) is 47.6 Å². The highest BCUT2D eigenvalue weighted by Crippen LogP contribution is 2.42. The van der Waals surface area contributed by atoms with Crippen molar-refractivity contribution >= 4 is 37.8 Å². The van der Waals surface area contributed by atoms with Crippen LogP contribution in [0.2, 0.25) is 0 Å². The van der Waals surface area contributed by atoms with Gasteiger partial charge in [0.25, 0.3) is 0 Å². The maximum atomic E-state index is 11.1. The number of carbonyl (C=O) groups is 1. The largest absolute Gasteiger partial charge is 0.496 e. The number of rotatable bonds is 8. The maximum absolute atomic E-state index is 11.1. The Morgan fingerprint density at radius 1 is 1.00 bits per heavy atom. The molecule has 0 unspecified atom stereocenters. The molecule has 1 N–H and O–H groups in total. The van der Waals surface area contributed by atoms with Gasteiger partial charge in [0, 0.05) is 17.5 Å². The molecule has 3 aromatic rings. The van der Waals surface area contributed by atoms with E-state index in [1.807, 2.05) is 12.1 Å². The summed E-state index contributed by atoms with van der Waals surface area (Å²) in [6.45, 7) is 6.32. The van der Waals surface area contributed by atoms with Crippen molar-refractivity contribution in [1.29, 1.82) is 0 Å². The van der Waals surface area contributed by atoms with Gasteiger partial charge in [0.05, 0.1) is 22.5 Å². The van der Waals surface area contributed by atoms with Gasteiger partial charge in [0.2, 0.25) is 0 Å². The van der Waals surface area contributed by atoms with Gasteiger partial charge >= 0.3 is 5.97 Å². The first-order chi connectivity index (χ1) is 15.2. The third kappa shape index (κ3) is 5.93. The summed E-state index contributed by atoms with van der Waals surface area (Å²) in [5.41, 5.74) is 5.14. The molecule has 3 aromatic carbocycles. The van der Waals surface area contributed by atoms with Crippen molar-refractivity contribution in [1.82, 2.24) is 0 Å². The second-order valence-corrected chi connectivity index (χ2v) is 9.79. The number of benzene rings is 3. The first-order valence-corrected chi connectivity index (χ1v) is 11.9. The van der Waals surface area contributed by atoms with Crippen LogP contribution < -0.4 is 9.47 Å². The first-order valence-electron chi connectivity index (χ1n) is 10.3. The Morgan fingerprint density at radius 2 is 1.69 bits per heavy atom. The Labute approximate surface area is 205 Å². The van der Waals surface area contributed by atoms with Gasteiger partial charge in [0.15, 0.2) is 5.75 Å². The normalized spacial score (nSPS) is 11.0. The summed E-state index contributed by atoms with van der Waals surface area (Å²) >= 11 is 7.10. The summed E-state index contributed by atoms with van der Waals surface area (Å²) in [7, 11) is 1.69. The van der Waals surface area contributed by atoms with Crippen molar-refractivity contribution in [2.75, 3.05) is 7.11 Å². The predicted octanol–water partition coefficient (Wildman–Crippen LogP) is 7.66. The number of aryl methyl sites for hydroxylation is 1. The van der Waals surface area contributed by atoms with Crippen LogP contribution in [0, 0.1) is 6.92 Å². The number of halogens is 2. The van der Waals surface area contributed by atoms with E-state index in [0.717, 1.165) is 22.6 Å². The zero-order valence-corrected chi connectivity index (χ0v) is 21.7. The lowest BCUT2D eigenvalue weighted by Gasteiger charge is -2.20. The number of carboxylic acids is 1. The molecule has 0 spiro atoms. The smallest absolute Gasteiger partial charge is 0.307 e. The number of ether oxygens (including phenoxy) is 2. The van der Waals surface area contributed by atoms with Crippen LogP contribution in [0.25, 0.3) is 0 Å². The zero-order chi connectivity index (χ0) is 23.4. The van der Waals surface area contributed by atoms with E-state index < -0.39 is 5.97 Å². The van der Waals surface area contributed by atoms with Gasteiger partial charge in [-0.25, -0.2) is 0 Å². The van der Waals surface area contributed by atoms with E-state index in [-0.39, 0.29) is 12.3 Å². The van der Waals surface area contributed by atoms with E-state index in [1.165, 1.54) is 11.1 Å². The molecule has 0 amide bonds. The summed E-state index contributed by atoms with van der Waals surface area (Å²) in [6, 6.07) is 16.1. The third-order valence-electron chi connectivity index (χ3n) is 5.14. The minimum Gasteiger partial charge on any atom is -0.496 e. The average molecular weight is 562 g/mol. The summed E-state index contributed by atoms with van der Waals surface area (Å²) in [6.07, 6.45) is 0.633. The Bertz CT molecular complexity index is 1120. The Kier molecular flexibility index (Phi) is 8.01. The Hall–Kier alpha value is -2.31. The SMILES string of the molecule is COc1cc(Cc2cccc(C)c2)c(Oc2c(Br)cc(CC(=O)O)cc2Br)cc1C(C)C. The molecular formula is C26H26Br2O4. The van der Waals surface area contributed by atoms with Gasteiger partial charge in [-0.2, -0.15) is 0 Å². The van der Waals surface area contributed by atoms with Crippen molar-refractivity contribution in [3.8, 4) is 17.2 Å². The van der Waals surface area contributed by atoms with Crippen LogP contribution in [0.15, 0.2) is 57.5 Å². The summed E-state index contributed by atoms with van der Waals surface area (Å²) in [5, 5.41) is 9.11. The molecule has 0 aliphatic rings. The molecule has 4 nitrogen and oxygen atoms in total. The van der Waals surface area contributed by atoms with Crippen LogP contribution in [0.3, 0.4) is 0 Å².